The molecule has 1 saturated heterocycles. The van der Waals surface area contributed by atoms with Crippen molar-refractivity contribution < 1.29 is 8.42 Å². The summed E-state index contributed by atoms with van der Waals surface area (Å²) in [6.45, 7) is 3.26. The summed E-state index contributed by atoms with van der Waals surface area (Å²) in [5.41, 5.74) is 0.0449. The second-order valence-electron chi connectivity index (χ2n) is 5.17. The minimum absolute atomic E-state index is 0.0449. The first kappa shape index (κ1) is 15.0. The Morgan fingerprint density at radius 2 is 1.95 bits per heavy atom. The Morgan fingerprint density at radius 3 is 2.47 bits per heavy atom. The third-order valence-corrected chi connectivity index (χ3v) is 6.25. The average molecular weight is 347 g/mol. The molecule has 1 aromatic rings. The molecule has 6 heteroatoms. The number of hydrogen-bond donors (Lipinski definition) is 1. The molecule has 2 rings (SSSR count). The van der Waals surface area contributed by atoms with Crippen molar-refractivity contribution in [3.63, 3.8) is 0 Å². The van der Waals surface area contributed by atoms with E-state index in [0.717, 1.165) is 17.3 Å². The van der Waals surface area contributed by atoms with Gasteiger partial charge in [-0.25, -0.2) is 8.42 Å². The van der Waals surface area contributed by atoms with Crippen LogP contribution in [0, 0.1) is 0 Å². The van der Waals surface area contributed by atoms with Crippen molar-refractivity contribution in [1.29, 1.82) is 0 Å². The molecule has 0 aliphatic carbocycles. The molecule has 0 saturated carbocycles. The Labute approximate surface area is 123 Å². The molecule has 1 heterocycles. The van der Waals surface area contributed by atoms with Gasteiger partial charge in [-0.2, -0.15) is 4.31 Å². The minimum Gasteiger partial charge on any atom is -0.314 e. The highest BCUT2D eigenvalue weighted by molar-refractivity contribution is 9.10. The van der Waals surface area contributed by atoms with Gasteiger partial charge in [-0.15, -0.1) is 0 Å². The van der Waals surface area contributed by atoms with Crippen molar-refractivity contribution in [2.24, 2.45) is 0 Å². The predicted molar refractivity (Wildman–Crippen MR) is 79.6 cm³/mol. The van der Waals surface area contributed by atoms with Gasteiger partial charge in [-0.05, 0) is 45.0 Å². The number of benzene rings is 1. The maximum absolute atomic E-state index is 12.5. The van der Waals surface area contributed by atoms with Crippen molar-refractivity contribution >= 4 is 26.0 Å². The van der Waals surface area contributed by atoms with E-state index >= 15 is 0 Å². The summed E-state index contributed by atoms with van der Waals surface area (Å²) in [7, 11) is -1.44. The summed E-state index contributed by atoms with van der Waals surface area (Å²) in [6, 6.07) is 6.87. The van der Waals surface area contributed by atoms with Crippen LogP contribution < -0.4 is 5.32 Å². The smallest absolute Gasteiger partial charge is 0.243 e. The van der Waals surface area contributed by atoms with Crippen LogP contribution in [0.4, 0.5) is 0 Å². The third kappa shape index (κ3) is 3.18. The van der Waals surface area contributed by atoms with Crippen LogP contribution in [0.1, 0.15) is 19.8 Å². The van der Waals surface area contributed by atoms with Gasteiger partial charge in [0, 0.05) is 23.1 Å². The molecule has 0 atom stereocenters. The van der Waals surface area contributed by atoms with E-state index in [-0.39, 0.29) is 5.54 Å². The number of nitrogens with one attached hydrogen (secondary N) is 1. The fourth-order valence-corrected chi connectivity index (χ4v) is 4.29. The summed E-state index contributed by atoms with van der Waals surface area (Å²) in [6.07, 6.45) is 1.66. The Balaban J connectivity index is 2.19. The standard InChI is InChI=1S/C13H19BrN2O2S/c1-13(15-2)6-8-16(9-7-13)19(17,18)12-5-3-4-11(14)10-12/h3-5,10,15H,6-9H2,1-2H3. The van der Waals surface area contributed by atoms with Crippen molar-refractivity contribution in [2.75, 3.05) is 20.1 Å². The number of hydrogen-bond acceptors (Lipinski definition) is 3. The van der Waals surface area contributed by atoms with Gasteiger partial charge in [0.1, 0.15) is 0 Å². The van der Waals surface area contributed by atoms with E-state index in [1.165, 1.54) is 0 Å². The molecule has 0 radical (unpaired) electrons. The molecule has 1 aliphatic heterocycles. The van der Waals surface area contributed by atoms with Gasteiger partial charge in [-0.1, -0.05) is 22.0 Å². The Kier molecular flexibility index (Phi) is 4.35. The monoisotopic (exact) mass is 346 g/mol. The number of sulfonamides is 1. The molecule has 1 fully saturated rings. The van der Waals surface area contributed by atoms with Crippen LogP contribution in [-0.4, -0.2) is 38.4 Å². The van der Waals surface area contributed by atoms with Gasteiger partial charge < -0.3 is 5.32 Å². The molecule has 106 valence electrons. The summed E-state index contributed by atoms with van der Waals surface area (Å²) < 4.78 is 27.4. The SMILES string of the molecule is CNC1(C)CCN(S(=O)(=O)c2cccc(Br)c2)CC1. The van der Waals surface area contributed by atoms with E-state index in [1.54, 1.807) is 22.5 Å². The van der Waals surface area contributed by atoms with Crippen LogP contribution >= 0.6 is 15.9 Å². The maximum atomic E-state index is 12.5. The average Bonchev–Trinajstić information content (AvgIpc) is 2.39. The summed E-state index contributed by atoms with van der Waals surface area (Å²) in [5.74, 6) is 0. The van der Waals surface area contributed by atoms with Crippen LogP contribution in [0.2, 0.25) is 0 Å². The first-order chi connectivity index (χ1) is 8.87. The van der Waals surface area contributed by atoms with Crippen molar-refractivity contribution in [2.45, 2.75) is 30.2 Å². The highest BCUT2D eigenvalue weighted by atomic mass is 79.9. The Hall–Kier alpha value is -0.430. The lowest BCUT2D eigenvalue weighted by atomic mass is 9.91. The van der Waals surface area contributed by atoms with Gasteiger partial charge in [0.05, 0.1) is 4.90 Å². The predicted octanol–water partition coefficient (Wildman–Crippen LogP) is 2.21. The van der Waals surface area contributed by atoms with Crippen LogP contribution in [-0.2, 0) is 10.0 Å². The van der Waals surface area contributed by atoms with Gasteiger partial charge in [0.2, 0.25) is 10.0 Å². The van der Waals surface area contributed by atoms with Crippen molar-refractivity contribution in [1.82, 2.24) is 9.62 Å². The largest absolute Gasteiger partial charge is 0.314 e. The van der Waals surface area contributed by atoms with E-state index in [2.05, 4.69) is 28.2 Å². The van der Waals surface area contributed by atoms with E-state index in [9.17, 15) is 8.42 Å². The van der Waals surface area contributed by atoms with Crippen LogP contribution in [0.25, 0.3) is 0 Å². The molecule has 0 spiro atoms. The number of nitrogens with zero attached hydrogens (tertiary/aromatic N) is 1. The quantitative estimate of drug-likeness (QED) is 0.912. The first-order valence-electron chi connectivity index (χ1n) is 6.32. The van der Waals surface area contributed by atoms with Crippen molar-refractivity contribution in [3.8, 4) is 0 Å². The molecule has 1 N–H and O–H groups in total. The van der Waals surface area contributed by atoms with E-state index in [0.29, 0.717) is 18.0 Å². The molecule has 0 aromatic heterocycles. The molecular formula is C13H19BrN2O2S. The van der Waals surface area contributed by atoms with Crippen LogP contribution in [0.15, 0.2) is 33.6 Å². The zero-order valence-corrected chi connectivity index (χ0v) is 13.6. The minimum atomic E-state index is -3.37. The second kappa shape index (κ2) is 5.52. The number of halogens is 1. The lowest BCUT2D eigenvalue weighted by molar-refractivity contribution is 0.219. The van der Waals surface area contributed by atoms with Crippen LogP contribution in [0.3, 0.4) is 0 Å². The lowest BCUT2D eigenvalue weighted by Gasteiger charge is -2.38. The zero-order valence-electron chi connectivity index (χ0n) is 11.2. The fourth-order valence-electron chi connectivity index (χ4n) is 2.25. The molecule has 1 aromatic carbocycles. The highest BCUT2D eigenvalue weighted by Crippen LogP contribution is 2.27. The fraction of sp³-hybridized carbons (Fsp3) is 0.538. The van der Waals surface area contributed by atoms with Gasteiger partial charge in [0.15, 0.2) is 0 Å². The Morgan fingerprint density at radius 1 is 1.32 bits per heavy atom. The van der Waals surface area contributed by atoms with Gasteiger partial charge in [0.25, 0.3) is 0 Å². The molecule has 0 unspecified atom stereocenters. The van der Waals surface area contributed by atoms with Gasteiger partial charge >= 0.3 is 0 Å². The molecule has 1 aliphatic rings. The summed E-state index contributed by atoms with van der Waals surface area (Å²) in [5, 5.41) is 3.27. The van der Waals surface area contributed by atoms with E-state index < -0.39 is 10.0 Å². The summed E-state index contributed by atoms with van der Waals surface area (Å²) in [4.78, 5) is 0.356. The normalized spacial score (nSPS) is 20.4. The van der Waals surface area contributed by atoms with Crippen LogP contribution in [0.5, 0.6) is 0 Å². The molecule has 0 bridgehead atoms. The molecular weight excluding hydrogens is 328 g/mol. The highest BCUT2D eigenvalue weighted by Gasteiger charge is 2.34. The van der Waals surface area contributed by atoms with E-state index in [1.807, 2.05) is 13.1 Å². The molecule has 4 nitrogen and oxygen atoms in total. The van der Waals surface area contributed by atoms with E-state index in [4.69, 9.17) is 0 Å². The molecule has 0 amide bonds. The zero-order chi connectivity index (χ0) is 14.1. The lowest BCUT2D eigenvalue weighted by Crippen LogP contribution is -2.51. The first-order valence-corrected chi connectivity index (χ1v) is 8.55. The third-order valence-electron chi connectivity index (χ3n) is 3.86. The summed E-state index contributed by atoms with van der Waals surface area (Å²) >= 11 is 3.31. The number of piperidine rings is 1. The second-order valence-corrected chi connectivity index (χ2v) is 8.03. The van der Waals surface area contributed by atoms with Crippen molar-refractivity contribution in [3.05, 3.63) is 28.7 Å². The molecule has 19 heavy (non-hydrogen) atoms. The maximum Gasteiger partial charge on any atom is 0.243 e. The topological polar surface area (TPSA) is 49.4 Å². The van der Waals surface area contributed by atoms with Gasteiger partial charge in [-0.3, -0.25) is 0 Å². The Bertz CT molecular complexity index is 552. The number of rotatable bonds is 3.